The smallest absolute Gasteiger partial charge is 0.236 e. The summed E-state index contributed by atoms with van der Waals surface area (Å²) in [5, 5.41) is 7.48. The van der Waals surface area contributed by atoms with Crippen LogP contribution < -0.4 is 5.32 Å². The van der Waals surface area contributed by atoms with Gasteiger partial charge < -0.3 is 10.2 Å². The van der Waals surface area contributed by atoms with Gasteiger partial charge in [0.05, 0.1) is 6.54 Å². The molecule has 0 radical (unpaired) electrons. The number of carbonyl (C=O) groups excluding carboxylic acids is 1. The lowest BCUT2D eigenvalue weighted by Gasteiger charge is -2.34. The second-order valence-electron chi connectivity index (χ2n) is 4.91. The molecule has 0 unspecified atom stereocenters. The molecule has 1 aromatic rings. The van der Waals surface area contributed by atoms with Gasteiger partial charge in [0, 0.05) is 39.3 Å². The fourth-order valence-corrected chi connectivity index (χ4v) is 2.82. The van der Waals surface area contributed by atoms with E-state index in [2.05, 4.69) is 28.6 Å². The van der Waals surface area contributed by atoms with Crippen LogP contribution in [0.4, 0.5) is 0 Å². The Balaban J connectivity index is 1.83. The molecular formula is C13H21N3OS. The summed E-state index contributed by atoms with van der Waals surface area (Å²) in [5.41, 5.74) is 1.21. The van der Waals surface area contributed by atoms with Crippen LogP contribution in [0.5, 0.6) is 0 Å². The van der Waals surface area contributed by atoms with Gasteiger partial charge in [0.25, 0.3) is 0 Å². The molecule has 1 amide bonds. The molecule has 4 nitrogen and oxygen atoms in total. The number of rotatable bonds is 4. The number of nitrogens with zero attached hydrogens (tertiary/aromatic N) is 2. The first kappa shape index (κ1) is 13.5. The van der Waals surface area contributed by atoms with Gasteiger partial charge in [-0.05, 0) is 29.3 Å². The van der Waals surface area contributed by atoms with Gasteiger partial charge in [-0.25, -0.2) is 0 Å². The molecule has 0 aliphatic carbocycles. The van der Waals surface area contributed by atoms with E-state index in [9.17, 15) is 4.79 Å². The molecule has 1 saturated heterocycles. The van der Waals surface area contributed by atoms with Crippen molar-refractivity contribution in [3.8, 4) is 0 Å². The molecule has 1 aliphatic heterocycles. The van der Waals surface area contributed by atoms with Crippen LogP contribution in [0.25, 0.3) is 0 Å². The summed E-state index contributed by atoms with van der Waals surface area (Å²) in [6, 6.07) is 2.51. The Morgan fingerprint density at radius 3 is 3.17 bits per heavy atom. The van der Waals surface area contributed by atoms with Gasteiger partial charge in [-0.1, -0.05) is 0 Å². The highest BCUT2D eigenvalue weighted by Crippen LogP contribution is 2.09. The normalized spacial score (nSPS) is 20.9. The lowest BCUT2D eigenvalue weighted by atomic mass is 10.2. The van der Waals surface area contributed by atoms with Crippen LogP contribution >= 0.6 is 11.3 Å². The van der Waals surface area contributed by atoms with Gasteiger partial charge in [-0.2, -0.15) is 11.3 Å². The average molecular weight is 267 g/mol. The zero-order valence-electron chi connectivity index (χ0n) is 11.1. The molecule has 5 heteroatoms. The van der Waals surface area contributed by atoms with Crippen LogP contribution in [-0.4, -0.2) is 55.0 Å². The highest BCUT2D eigenvalue weighted by atomic mass is 32.1. The van der Waals surface area contributed by atoms with Crippen LogP contribution in [0, 0.1) is 0 Å². The first-order chi connectivity index (χ1) is 8.66. The van der Waals surface area contributed by atoms with Crippen LogP contribution in [0.3, 0.4) is 0 Å². The molecule has 2 rings (SSSR count). The second-order valence-corrected chi connectivity index (χ2v) is 5.69. The van der Waals surface area contributed by atoms with Crippen molar-refractivity contribution < 1.29 is 4.79 Å². The summed E-state index contributed by atoms with van der Waals surface area (Å²) >= 11 is 1.67. The number of likely N-dealkylation sites (N-methyl/N-ethyl adjacent to an activating group) is 1. The maximum absolute atomic E-state index is 12.2. The van der Waals surface area contributed by atoms with E-state index in [-0.39, 0.29) is 5.91 Å². The molecule has 100 valence electrons. The summed E-state index contributed by atoms with van der Waals surface area (Å²) in [6.07, 6.45) is 0. The highest BCUT2D eigenvalue weighted by Gasteiger charge is 2.21. The molecule has 0 spiro atoms. The number of thiophene rings is 1. The lowest BCUT2D eigenvalue weighted by molar-refractivity contribution is -0.132. The molecule has 1 aliphatic rings. The quantitative estimate of drug-likeness (QED) is 0.884. The Kier molecular flexibility index (Phi) is 4.74. The van der Waals surface area contributed by atoms with Crippen molar-refractivity contribution in [1.29, 1.82) is 0 Å². The minimum Gasteiger partial charge on any atom is -0.340 e. The third-order valence-corrected chi connectivity index (χ3v) is 4.13. The average Bonchev–Trinajstić information content (AvgIpc) is 2.84. The Labute approximate surface area is 113 Å². The number of amides is 1. The molecule has 1 atom stereocenters. The topological polar surface area (TPSA) is 35.6 Å². The number of hydrogen-bond acceptors (Lipinski definition) is 4. The number of nitrogens with one attached hydrogen (secondary N) is 1. The molecule has 1 aromatic heterocycles. The Hall–Kier alpha value is -0.910. The van der Waals surface area contributed by atoms with Gasteiger partial charge in [0.1, 0.15) is 0 Å². The predicted octanol–water partition coefficient (Wildman–Crippen LogP) is 1.00. The molecule has 18 heavy (non-hydrogen) atoms. The number of piperazine rings is 1. The van der Waals surface area contributed by atoms with E-state index in [0.717, 1.165) is 19.6 Å². The standard InChI is InChI=1S/C13H21N3OS/c1-11-7-14-4-5-16(11)9-13(17)15(2)8-12-3-6-18-10-12/h3,6,10-11,14H,4-5,7-9H2,1-2H3/t11-/m0/s1. The molecule has 1 N–H and O–H groups in total. The van der Waals surface area contributed by atoms with E-state index < -0.39 is 0 Å². The van der Waals surface area contributed by atoms with Crippen molar-refractivity contribution in [1.82, 2.24) is 15.1 Å². The van der Waals surface area contributed by atoms with Crippen LogP contribution in [0.1, 0.15) is 12.5 Å². The Morgan fingerprint density at radius 2 is 2.50 bits per heavy atom. The summed E-state index contributed by atoms with van der Waals surface area (Å²) in [4.78, 5) is 16.2. The van der Waals surface area contributed by atoms with Crippen molar-refractivity contribution in [2.45, 2.75) is 19.5 Å². The zero-order valence-corrected chi connectivity index (χ0v) is 11.9. The summed E-state index contributed by atoms with van der Waals surface area (Å²) in [7, 11) is 1.88. The number of hydrogen-bond donors (Lipinski definition) is 1. The second kappa shape index (κ2) is 6.31. The Morgan fingerprint density at radius 1 is 1.67 bits per heavy atom. The highest BCUT2D eigenvalue weighted by molar-refractivity contribution is 7.07. The van der Waals surface area contributed by atoms with Crippen LogP contribution in [-0.2, 0) is 11.3 Å². The van der Waals surface area contributed by atoms with Crippen LogP contribution in [0.15, 0.2) is 16.8 Å². The van der Waals surface area contributed by atoms with Gasteiger partial charge in [0.2, 0.25) is 5.91 Å². The monoisotopic (exact) mass is 267 g/mol. The minimum absolute atomic E-state index is 0.204. The van der Waals surface area contributed by atoms with Crippen molar-refractivity contribution in [3.63, 3.8) is 0 Å². The largest absolute Gasteiger partial charge is 0.340 e. The zero-order chi connectivity index (χ0) is 13.0. The predicted molar refractivity (Wildman–Crippen MR) is 74.7 cm³/mol. The van der Waals surface area contributed by atoms with E-state index in [1.807, 2.05) is 17.3 Å². The first-order valence-electron chi connectivity index (χ1n) is 6.36. The third kappa shape index (κ3) is 3.54. The SMILES string of the molecule is C[C@H]1CNCCN1CC(=O)N(C)Cc1ccsc1. The molecule has 0 aromatic carbocycles. The number of carbonyl (C=O) groups is 1. The van der Waals surface area contributed by atoms with Gasteiger partial charge in [-0.15, -0.1) is 0 Å². The molecule has 2 heterocycles. The molecule has 1 fully saturated rings. The van der Waals surface area contributed by atoms with Gasteiger partial charge in [-0.3, -0.25) is 9.69 Å². The molecular weight excluding hydrogens is 246 g/mol. The van der Waals surface area contributed by atoms with Crippen molar-refractivity contribution in [2.75, 3.05) is 33.2 Å². The third-order valence-electron chi connectivity index (χ3n) is 3.40. The van der Waals surface area contributed by atoms with E-state index in [0.29, 0.717) is 19.1 Å². The van der Waals surface area contributed by atoms with E-state index in [1.54, 1.807) is 11.3 Å². The lowest BCUT2D eigenvalue weighted by Crippen LogP contribution is -2.52. The van der Waals surface area contributed by atoms with Gasteiger partial charge in [0.15, 0.2) is 0 Å². The van der Waals surface area contributed by atoms with Crippen molar-refractivity contribution in [3.05, 3.63) is 22.4 Å². The maximum atomic E-state index is 12.2. The summed E-state index contributed by atoms with van der Waals surface area (Å²) < 4.78 is 0. The summed E-state index contributed by atoms with van der Waals surface area (Å²) in [6.45, 7) is 6.32. The molecule has 0 bridgehead atoms. The Bertz CT molecular complexity index is 380. The first-order valence-corrected chi connectivity index (χ1v) is 7.31. The van der Waals surface area contributed by atoms with Gasteiger partial charge >= 0.3 is 0 Å². The molecule has 0 saturated carbocycles. The maximum Gasteiger partial charge on any atom is 0.236 e. The van der Waals surface area contributed by atoms with Crippen molar-refractivity contribution in [2.24, 2.45) is 0 Å². The summed E-state index contributed by atoms with van der Waals surface area (Å²) in [5.74, 6) is 0.204. The van der Waals surface area contributed by atoms with E-state index in [4.69, 9.17) is 0 Å². The fourth-order valence-electron chi connectivity index (χ4n) is 2.16. The minimum atomic E-state index is 0.204. The van der Waals surface area contributed by atoms with E-state index in [1.165, 1.54) is 5.56 Å². The van der Waals surface area contributed by atoms with E-state index >= 15 is 0 Å². The fraction of sp³-hybridized carbons (Fsp3) is 0.615. The van der Waals surface area contributed by atoms with Crippen LogP contribution in [0.2, 0.25) is 0 Å². The van der Waals surface area contributed by atoms with Crippen molar-refractivity contribution >= 4 is 17.2 Å².